The van der Waals surface area contributed by atoms with Crippen molar-refractivity contribution in [3.05, 3.63) is 30.6 Å². The van der Waals surface area contributed by atoms with Gasteiger partial charge in [-0.2, -0.15) is 0 Å². The number of piperazine rings is 1. The smallest absolute Gasteiger partial charge is 0.222 e. The standard InChI is InChI=1S/C16H20N4O/c1-2-5-15(21)19-8-10-20(11-9-19)16-13-6-3-4-7-14(13)17-12-18-16/h3-4,6-7,12H,2,5,8-11H2,1H3. The summed E-state index contributed by atoms with van der Waals surface area (Å²) in [6.45, 7) is 5.25. The van der Waals surface area contributed by atoms with Crippen LogP contribution in [-0.2, 0) is 4.79 Å². The fourth-order valence-corrected chi connectivity index (χ4v) is 2.78. The summed E-state index contributed by atoms with van der Waals surface area (Å²) in [5, 5.41) is 1.08. The summed E-state index contributed by atoms with van der Waals surface area (Å²) in [4.78, 5) is 24.9. The van der Waals surface area contributed by atoms with E-state index in [-0.39, 0.29) is 5.91 Å². The van der Waals surface area contributed by atoms with Gasteiger partial charge >= 0.3 is 0 Å². The number of amides is 1. The van der Waals surface area contributed by atoms with Crippen molar-refractivity contribution in [2.75, 3.05) is 31.1 Å². The minimum absolute atomic E-state index is 0.268. The predicted octanol–water partition coefficient (Wildman–Crippen LogP) is 2.08. The van der Waals surface area contributed by atoms with Crippen LogP contribution in [0.15, 0.2) is 30.6 Å². The molecule has 0 aliphatic carbocycles. The monoisotopic (exact) mass is 284 g/mol. The molecule has 3 rings (SSSR count). The van der Waals surface area contributed by atoms with Crippen LogP contribution in [0.25, 0.3) is 10.9 Å². The number of carbonyl (C=O) groups is 1. The molecule has 110 valence electrons. The lowest BCUT2D eigenvalue weighted by atomic mass is 10.2. The second-order valence-electron chi connectivity index (χ2n) is 5.33. The van der Waals surface area contributed by atoms with Gasteiger partial charge in [-0.15, -0.1) is 0 Å². The topological polar surface area (TPSA) is 49.3 Å². The summed E-state index contributed by atoms with van der Waals surface area (Å²) in [6.07, 6.45) is 3.18. The van der Waals surface area contributed by atoms with E-state index in [9.17, 15) is 4.79 Å². The minimum atomic E-state index is 0.268. The summed E-state index contributed by atoms with van der Waals surface area (Å²) >= 11 is 0. The number of benzene rings is 1. The number of aromatic nitrogens is 2. The predicted molar refractivity (Wildman–Crippen MR) is 83.2 cm³/mol. The zero-order chi connectivity index (χ0) is 14.7. The molecule has 1 saturated heterocycles. The summed E-state index contributed by atoms with van der Waals surface area (Å²) in [6, 6.07) is 8.05. The third-order valence-electron chi connectivity index (χ3n) is 3.92. The van der Waals surface area contributed by atoms with Crippen LogP contribution < -0.4 is 4.90 Å². The highest BCUT2D eigenvalue weighted by atomic mass is 16.2. The molecular formula is C16H20N4O. The van der Waals surface area contributed by atoms with E-state index in [2.05, 4.69) is 20.9 Å². The molecule has 1 aromatic carbocycles. The Morgan fingerprint density at radius 1 is 1.14 bits per heavy atom. The molecule has 0 N–H and O–H groups in total. The van der Waals surface area contributed by atoms with Gasteiger partial charge in [-0.1, -0.05) is 19.1 Å². The van der Waals surface area contributed by atoms with Crippen LogP contribution in [-0.4, -0.2) is 47.0 Å². The first-order chi connectivity index (χ1) is 10.3. The SMILES string of the molecule is CCCC(=O)N1CCN(c2ncnc3ccccc23)CC1. The molecule has 21 heavy (non-hydrogen) atoms. The molecule has 1 fully saturated rings. The van der Waals surface area contributed by atoms with Crippen molar-refractivity contribution in [1.29, 1.82) is 0 Å². The maximum absolute atomic E-state index is 11.9. The van der Waals surface area contributed by atoms with Gasteiger partial charge in [0.2, 0.25) is 5.91 Å². The molecule has 5 nitrogen and oxygen atoms in total. The summed E-state index contributed by atoms with van der Waals surface area (Å²) in [5.74, 6) is 1.24. The van der Waals surface area contributed by atoms with Gasteiger partial charge in [0.05, 0.1) is 5.52 Å². The number of para-hydroxylation sites is 1. The third kappa shape index (κ3) is 2.82. The van der Waals surface area contributed by atoms with E-state index in [4.69, 9.17) is 0 Å². The first-order valence-electron chi connectivity index (χ1n) is 7.52. The number of hydrogen-bond donors (Lipinski definition) is 0. The van der Waals surface area contributed by atoms with E-state index in [0.29, 0.717) is 6.42 Å². The second-order valence-corrected chi connectivity index (χ2v) is 5.33. The normalized spacial score (nSPS) is 15.5. The lowest BCUT2D eigenvalue weighted by Crippen LogP contribution is -2.49. The van der Waals surface area contributed by atoms with Crippen LogP contribution in [0, 0.1) is 0 Å². The fraction of sp³-hybridized carbons (Fsp3) is 0.438. The summed E-state index contributed by atoms with van der Waals surface area (Å²) < 4.78 is 0. The highest BCUT2D eigenvalue weighted by Gasteiger charge is 2.22. The van der Waals surface area contributed by atoms with Gasteiger partial charge in [-0.25, -0.2) is 9.97 Å². The van der Waals surface area contributed by atoms with Crippen LogP contribution in [0.4, 0.5) is 5.82 Å². The lowest BCUT2D eigenvalue weighted by Gasteiger charge is -2.35. The number of fused-ring (bicyclic) bond motifs is 1. The molecule has 5 heteroatoms. The van der Waals surface area contributed by atoms with Crippen LogP contribution in [0.1, 0.15) is 19.8 Å². The highest BCUT2D eigenvalue weighted by Crippen LogP contribution is 2.23. The molecule has 0 bridgehead atoms. The van der Waals surface area contributed by atoms with E-state index < -0.39 is 0 Å². The van der Waals surface area contributed by atoms with Crippen LogP contribution in [0.5, 0.6) is 0 Å². The Hall–Kier alpha value is -2.17. The van der Waals surface area contributed by atoms with Crippen molar-refractivity contribution in [3.8, 4) is 0 Å². The van der Waals surface area contributed by atoms with E-state index in [0.717, 1.165) is 49.3 Å². The summed E-state index contributed by atoms with van der Waals surface area (Å²) in [7, 11) is 0. The Morgan fingerprint density at radius 2 is 1.90 bits per heavy atom. The number of carbonyl (C=O) groups excluding carboxylic acids is 1. The zero-order valence-electron chi connectivity index (χ0n) is 12.3. The number of hydrogen-bond acceptors (Lipinski definition) is 4. The molecular weight excluding hydrogens is 264 g/mol. The molecule has 2 aromatic rings. The largest absolute Gasteiger partial charge is 0.352 e. The first kappa shape index (κ1) is 13.8. The molecule has 1 aliphatic heterocycles. The zero-order valence-corrected chi connectivity index (χ0v) is 12.3. The summed E-state index contributed by atoms with van der Waals surface area (Å²) in [5.41, 5.74) is 0.965. The molecule has 1 aromatic heterocycles. The van der Waals surface area contributed by atoms with Crippen LogP contribution >= 0.6 is 0 Å². The van der Waals surface area contributed by atoms with Crippen LogP contribution in [0.3, 0.4) is 0 Å². The molecule has 0 atom stereocenters. The van der Waals surface area contributed by atoms with Gasteiger partial charge < -0.3 is 9.80 Å². The second kappa shape index (κ2) is 6.08. The average molecular weight is 284 g/mol. The molecule has 0 unspecified atom stereocenters. The number of anilines is 1. The molecule has 2 heterocycles. The molecule has 0 spiro atoms. The average Bonchev–Trinajstić information content (AvgIpc) is 2.55. The Morgan fingerprint density at radius 3 is 2.67 bits per heavy atom. The molecule has 0 saturated carbocycles. The van der Waals surface area contributed by atoms with Crippen molar-refractivity contribution >= 4 is 22.6 Å². The Labute approximate surface area is 124 Å². The van der Waals surface area contributed by atoms with Gasteiger partial charge in [-0.3, -0.25) is 4.79 Å². The van der Waals surface area contributed by atoms with Crippen molar-refractivity contribution < 1.29 is 4.79 Å². The maximum Gasteiger partial charge on any atom is 0.222 e. The number of rotatable bonds is 3. The van der Waals surface area contributed by atoms with Crippen molar-refractivity contribution in [3.63, 3.8) is 0 Å². The van der Waals surface area contributed by atoms with E-state index in [1.54, 1.807) is 6.33 Å². The molecule has 0 radical (unpaired) electrons. The quantitative estimate of drug-likeness (QED) is 0.866. The Kier molecular flexibility index (Phi) is 3.99. The van der Waals surface area contributed by atoms with Crippen molar-refractivity contribution in [2.24, 2.45) is 0 Å². The van der Waals surface area contributed by atoms with Gasteiger partial charge in [0.25, 0.3) is 0 Å². The first-order valence-corrected chi connectivity index (χ1v) is 7.52. The van der Waals surface area contributed by atoms with Gasteiger partial charge in [0.1, 0.15) is 12.1 Å². The van der Waals surface area contributed by atoms with E-state index >= 15 is 0 Å². The Bertz CT molecular complexity index is 630. The van der Waals surface area contributed by atoms with Gasteiger partial charge in [0, 0.05) is 38.0 Å². The third-order valence-corrected chi connectivity index (χ3v) is 3.92. The van der Waals surface area contributed by atoms with Gasteiger partial charge in [-0.05, 0) is 18.6 Å². The highest BCUT2D eigenvalue weighted by molar-refractivity contribution is 5.89. The van der Waals surface area contributed by atoms with Gasteiger partial charge in [0.15, 0.2) is 0 Å². The Balaban J connectivity index is 1.76. The van der Waals surface area contributed by atoms with Crippen LogP contribution in [0.2, 0.25) is 0 Å². The lowest BCUT2D eigenvalue weighted by molar-refractivity contribution is -0.131. The molecule has 1 amide bonds. The minimum Gasteiger partial charge on any atom is -0.352 e. The van der Waals surface area contributed by atoms with Crippen molar-refractivity contribution in [1.82, 2.24) is 14.9 Å². The maximum atomic E-state index is 11.9. The number of nitrogens with zero attached hydrogens (tertiary/aromatic N) is 4. The molecule has 1 aliphatic rings. The van der Waals surface area contributed by atoms with Crippen molar-refractivity contribution in [2.45, 2.75) is 19.8 Å². The van der Waals surface area contributed by atoms with E-state index in [1.165, 1.54) is 0 Å². The van der Waals surface area contributed by atoms with E-state index in [1.807, 2.05) is 30.0 Å². The fourth-order valence-electron chi connectivity index (χ4n) is 2.78.